The molecule has 1 aromatic carbocycles. The van der Waals surface area contributed by atoms with Gasteiger partial charge in [0.2, 0.25) is 0 Å². The highest BCUT2D eigenvalue weighted by atomic mass is 14.8. The van der Waals surface area contributed by atoms with E-state index in [1.54, 1.807) is 0 Å². The third-order valence-electron chi connectivity index (χ3n) is 2.12. The summed E-state index contributed by atoms with van der Waals surface area (Å²) < 4.78 is 0. The first-order valence-electron chi connectivity index (χ1n) is 4.81. The van der Waals surface area contributed by atoms with Crippen LogP contribution in [-0.4, -0.2) is 9.97 Å². The Bertz CT molecular complexity index is 451. The van der Waals surface area contributed by atoms with Crippen molar-refractivity contribution >= 4 is 16.7 Å². The number of aromatic nitrogens is 2. The topological polar surface area (TPSA) is 51.8 Å². The Balaban J connectivity index is 2.50. The monoisotopic (exact) mass is 187 g/mol. The minimum absolute atomic E-state index is 0.732. The number of hydrogen-bond acceptors (Lipinski definition) is 3. The second kappa shape index (κ2) is 3.62. The molecule has 0 saturated carbocycles. The van der Waals surface area contributed by atoms with Gasteiger partial charge in [-0.2, -0.15) is 0 Å². The van der Waals surface area contributed by atoms with E-state index in [1.165, 1.54) is 0 Å². The number of nitrogen functional groups attached to an aromatic ring is 1. The number of fused-ring (bicyclic) bond motifs is 1. The van der Waals surface area contributed by atoms with Gasteiger partial charge in [-0.1, -0.05) is 13.3 Å². The number of aryl methyl sites for hydroxylation is 1. The molecule has 0 spiro atoms. The molecule has 0 radical (unpaired) electrons. The largest absolute Gasteiger partial charge is 0.399 e. The number of benzene rings is 1. The Morgan fingerprint density at radius 3 is 2.93 bits per heavy atom. The molecule has 3 nitrogen and oxygen atoms in total. The lowest BCUT2D eigenvalue weighted by atomic mass is 10.2. The van der Waals surface area contributed by atoms with Gasteiger partial charge in [0.05, 0.1) is 16.7 Å². The van der Waals surface area contributed by atoms with Crippen LogP contribution in [0.2, 0.25) is 0 Å². The van der Waals surface area contributed by atoms with Crippen molar-refractivity contribution in [1.82, 2.24) is 9.97 Å². The van der Waals surface area contributed by atoms with E-state index in [1.807, 2.05) is 24.4 Å². The molecule has 0 atom stereocenters. The Morgan fingerprint density at radius 2 is 2.14 bits per heavy atom. The smallest absolute Gasteiger partial charge is 0.0907 e. The Kier molecular flexibility index (Phi) is 2.31. The van der Waals surface area contributed by atoms with Crippen LogP contribution in [0.15, 0.2) is 24.4 Å². The molecule has 0 aliphatic rings. The number of rotatable bonds is 2. The summed E-state index contributed by atoms with van der Waals surface area (Å²) in [5.74, 6) is 0. The highest BCUT2D eigenvalue weighted by Crippen LogP contribution is 2.13. The van der Waals surface area contributed by atoms with Crippen molar-refractivity contribution in [3.8, 4) is 0 Å². The van der Waals surface area contributed by atoms with Gasteiger partial charge in [-0.25, -0.2) is 4.98 Å². The van der Waals surface area contributed by atoms with Crippen LogP contribution in [0.5, 0.6) is 0 Å². The molecule has 72 valence electrons. The van der Waals surface area contributed by atoms with Gasteiger partial charge >= 0.3 is 0 Å². The first kappa shape index (κ1) is 8.94. The third-order valence-corrected chi connectivity index (χ3v) is 2.12. The maximum atomic E-state index is 5.65. The van der Waals surface area contributed by atoms with Gasteiger partial charge in [0.15, 0.2) is 0 Å². The molecule has 0 bridgehead atoms. The van der Waals surface area contributed by atoms with Gasteiger partial charge < -0.3 is 5.73 Å². The van der Waals surface area contributed by atoms with E-state index in [2.05, 4.69) is 16.9 Å². The predicted molar refractivity (Wildman–Crippen MR) is 57.9 cm³/mol. The molecule has 0 aliphatic carbocycles. The molecule has 0 saturated heterocycles. The summed E-state index contributed by atoms with van der Waals surface area (Å²) >= 11 is 0. The third kappa shape index (κ3) is 1.66. The highest BCUT2D eigenvalue weighted by molar-refractivity contribution is 5.77. The van der Waals surface area contributed by atoms with Crippen LogP contribution in [0.3, 0.4) is 0 Å². The average Bonchev–Trinajstić information content (AvgIpc) is 2.19. The fourth-order valence-corrected chi connectivity index (χ4v) is 1.44. The zero-order valence-electron chi connectivity index (χ0n) is 8.20. The number of nitrogens with two attached hydrogens (primary N) is 1. The second-order valence-electron chi connectivity index (χ2n) is 3.36. The fourth-order valence-electron chi connectivity index (χ4n) is 1.44. The van der Waals surface area contributed by atoms with Crippen molar-refractivity contribution in [2.45, 2.75) is 19.8 Å². The summed E-state index contributed by atoms with van der Waals surface area (Å²) in [5.41, 5.74) is 9.22. The van der Waals surface area contributed by atoms with Gasteiger partial charge in [-0.15, -0.1) is 0 Å². The fraction of sp³-hybridized carbons (Fsp3) is 0.273. The van der Waals surface area contributed by atoms with Gasteiger partial charge in [0.1, 0.15) is 0 Å². The molecule has 14 heavy (non-hydrogen) atoms. The van der Waals surface area contributed by atoms with Crippen molar-refractivity contribution in [3.05, 3.63) is 30.1 Å². The normalized spacial score (nSPS) is 10.6. The molecular formula is C11H13N3. The van der Waals surface area contributed by atoms with Crippen molar-refractivity contribution in [2.24, 2.45) is 0 Å². The summed E-state index contributed by atoms with van der Waals surface area (Å²) in [4.78, 5) is 8.81. The molecular weight excluding hydrogens is 174 g/mol. The lowest BCUT2D eigenvalue weighted by Crippen LogP contribution is -1.93. The number of anilines is 1. The van der Waals surface area contributed by atoms with Crippen molar-refractivity contribution in [3.63, 3.8) is 0 Å². The summed E-state index contributed by atoms with van der Waals surface area (Å²) in [5, 5.41) is 0. The molecule has 1 heterocycles. The van der Waals surface area contributed by atoms with E-state index < -0.39 is 0 Å². The lowest BCUT2D eigenvalue weighted by Gasteiger charge is -2.01. The SMILES string of the molecule is CCCc1cnc2cc(N)ccc2n1. The second-order valence-corrected chi connectivity index (χ2v) is 3.36. The van der Waals surface area contributed by atoms with Gasteiger partial charge in [-0.3, -0.25) is 4.98 Å². The van der Waals surface area contributed by atoms with Crippen LogP contribution in [0, 0.1) is 0 Å². The quantitative estimate of drug-likeness (QED) is 0.733. The highest BCUT2D eigenvalue weighted by Gasteiger charge is 1.99. The summed E-state index contributed by atoms with van der Waals surface area (Å²) in [7, 11) is 0. The Morgan fingerprint density at radius 1 is 1.29 bits per heavy atom. The van der Waals surface area contributed by atoms with E-state index >= 15 is 0 Å². The maximum Gasteiger partial charge on any atom is 0.0907 e. The maximum absolute atomic E-state index is 5.65. The van der Waals surface area contributed by atoms with E-state index in [-0.39, 0.29) is 0 Å². The van der Waals surface area contributed by atoms with Crippen molar-refractivity contribution in [2.75, 3.05) is 5.73 Å². The molecule has 2 N–H and O–H groups in total. The molecule has 0 unspecified atom stereocenters. The van der Waals surface area contributed by atoms with Crippen LogP contribution in [0.25, 0.3) is 11.0 Å². The van der Waals surface area contributed by atoms with Crippen LogP contribution in [-0.2, 0) is 6.42 Å². The van der Waals surface area contributed by atoms with Crippen molar-refractivity contribution in [1.29, 1.82) is 0 Å². The number of nitrogens with zero attached hydrogens (tertiary/aromatic N) is 2. The minimum Gasteiger partial charge on any atom is -0.399 e. The van der Waals surface area contributed by atoms with E-state index in [0.29, 0.717) is 0 Å². The number of hydrogen-bond donors (Lipinski definition) is 1. The van der Waals surface area contributed by atoms with E-state index in [4.69, 9.17) is 5.73 Å². The van der Waals surface area contributed by atoms with Crippen molar-refractivity contribution < 1.29 is 0 Å². The van der Waals surface area contributed by atoms with E-state index in [9.17, 15) is 0 Å². The van der Waals surface area contributed by atoms with Gasteiger partial charge in [-0.05, 0) is 24.6 Å². The summed E-state index contributed by atoms with van der Waals surface area (Å²) in [6.07, 6.45) is 3.90. The standard InChI is InChI=1S/C11H13N3/c1-2-3-9-7-13-11-6-8(12)4-5-10(11)14-9/h4-7H,2-3,12H2,1H3. The van der Waals surface area contributed by atoms with Gasteiger partial charge in [0, 0.05) is 11.9 Å². The molecule has 3 heteroatoms. The first-order chi connectivity index (χ1) is 6.79. The van der Waals surface area contributed by atoms with Gasteiger partial charge in [0.25, 0.3) is 0 Å². The molecule has 1 aromatic heterocycles. The first-order valence-corrected chi connectivity index (χ1v) is 4.81. The summed E-state index contributed by atoms with van der Waals surface area (Å²) in [6, 6.07) is 5.61. The average molecular weight is 187 g/mol. The lowest BCUT2D eigenvalue weighted by molar-refractivity contribution is 0.881. The van der Waals surface area contributed by atoms with Crippen LogP contribution in [0.4, 0.5) is 5.69 Å². The predicted octanol–water partition coefficient (Wildman–Crippen LogP) is 2.16. The van der Waals surface area contributed by atoms with Crippen LogP contribution in [0.1, 0.15) is 19.0 Å². The molecule has 0 amide bonds. The van der Waals surface area contributed by atoms with Crippen LogP contribution < -0.4 is 5.73 Å². The van der Waals surface area contributed by atoms with E-state index in [0.717, 1.165) is 35.3 Å². The minimum atomic E-state index is 0.732. The molecule has 0 fully saturated rings. The molecule has 0 aliphatic heterocycles. The molecule has 2 aromatic rings. The summed E-state index contributed by atoms with van der Waals surface area (Å²) in [6.45, 7) is 2.13. The Hall–Kier alpha value is -1.64. The Labute approximate surface area is 83.0 Å². The molecule has 2 rings (SSSR count). The zero-order valence-corrected chi connectivity index (χ0v) is 8.20. The van der Waals surface area contributed by atoms with Crippen LogP contribution >= 0.6 is 0 Å². The zero-order chi connectivity index (χ0) is 9.97.